The van der Waals surface area contributed by atoms with Gasteiger partial charge in [0.15, 0.2) is 11.5 Å². The Bertz CT molecular complexity index is 336. The fourth-order valence-electron chi connectivity index (χ4n) is 1.25. The fourth-order valence-corrected chi connectivity index (χ4v) is 1.73. The van der Waals surface area contributed by atoms with Crippen LogP contribution in [-0.2, 0) is 11.2 Å². The summed E-state index contributed by atoms with van der Waals surface area (Å²) in [5, 5.41) is 0. The molecule has 0 saturated carbocycles. The maximum Gasteiger partial charge on any atom is 0.164 e. The SMILES string of the molecule is COc1cc(Br)cc(CC=O)c1OC. The van der Waals surface area contributed by atoms with Crippen molar-refractivity contribution in [1.82, 2.24) is 0 Å². The zero-order chi connectivity index (χ0) is 10.6. The van der Waals surface area contributed by atoms with Crippen molar-refractivity contribution in [3.63, 3.8) is 0 Å². The molecule has 0 unspecified atom stereocenters. The Kier molecular flexibility index (Phi) is 3.95. The van der Waals surface area contributed by atoms with E-state index in [1.807, 2.05) is 6.07 Å². The molecule has 0 spiro atoms. The van der Waals surface area contributed by atoms with E-state index in [-0.39, 0.29) is 0 Å². The Hall–Kier alpha value is -1.03. The molecule has 0 bridgehead atoms. The highest BCUT2D eigenvalue weighted by molar-refractivity contribution is 9.10. The van der Waals surface area contributed by atoms with Crippen molar-refractivity contribution in [2.75, 3.05) is 14.2 Å². The summed E-state index contributed by atoms with van der Waals surface area (Å²) in [5.74, 6) is 1.24. The summed E-state index contributed by atoms with van der Waals surface area (Å²) >= 11 is 3.34. The number of halogens is 1. The second-order valence-electron chi connectivity index (χ2n) is 2.67. The van der Waals surface area contributed by atoms with Crippen molar-refractivity contribution >= 4 is 22.2 Å². The molecule has 0 N–H and O–H groups in total. The Balaban J connectivity index is 3.23. The van der Waals surface area contributed by atoms with Gasteiger partial charge in [-0.05, 0) is 12.1 Å². The molecule has 14 heavy (non-hydrogen) atoms. The Labute approximate surface area is 91.1 Å². The standard InChI is InChI=1S/C10H11BrO3/c1-13-9-6-8(11)5-7(3-4-12)10(9)14-2/h4-6H,3H2,1-2H3. The van der Waals surface area contributed by atoms with Crippen LogP contribution in [0.2, 0.25) is 0 Å². The lowest BCUT2D eigenvalue weighted by molar-refractivity contribution is -0.107. The number of benzene rings is 1. The molecule has 3 nitrogen and oxygen atoms in total. The lowest BCUT2D eigenvalue weighted by Gasteiger charge is -2.11. The largest absolute Gasteiger partial charge is 0.493 e. The zero-order valence-electron chi connectivity index (χ0n) is 8.04. The highest BCUT2D eigenvalue weighted by Crippen LogP contribution is 2.34. The summed E-state index contributed by atoms with van der Waals surface area (Å²) in [6.07, 6.45) is 1.16. The van der Waals surface area contributed by atoms with E-state index in [1.54, 1.807) is 20.3 Å². The van der Waals surface area contributed by atoms with Crippen LogP contribution in [-0.4, -0.2) is 20.5 Å². The summed E-state index contributed by atoms with van der Waals surface area (Å²) in [6.45, 7) is 0. The number of methoxy groups -OCH3 is 2. The molecule has 0 amide bonds. The molecule has 0 aliphatic carbocycles. The van der Waals surface area contributed by atoms with E-state index in [1.165, 1.54) is 0 Å². The summed E-state index contributed by atoms with van der Waals surface area (Å²) < 4.78 is 11.2. The van der Waals surface area contributed by atoms with Crippen LogP contribution in [0.1, 0.15) is 5.56 Å². The molecule has 0 heterocycles. The van der Waals surface area contributed by atoms with Crippen molar-refractivity contribution < 1.29 is 14.3 Å². The fraction of sp³-hybridized carbons (Fsp3) is 0.300. The van der Waals surface area contributed by atoms with Crippen LogP contribution in [0.3, 0.4) is 0 Å². The Morgan fingerprint density at radius 1 is 1.36 bits per heavy atom. The van der Waals surface area contributed by atoms with Crippen LogP contribution in [0.4, 0.5) is 0 Å². The van der Waals surface area contributed by atoms with Gasteiger partial charge in [0.2, 0.25) is 0 Å². The number of aldehydes is 1. The average Bonchev–Trinajstić information content (AvgIpc) is 2.17. The topological polar surface area (TPSA) is 35.5 Å². The third-order valence-electron chi connectivity index (χ3n) is 1.82. The van der Waals surface area contributed by atoms with Crippen LogP contribution >= 0.6 is 15.9 Å². The lowest BCUT2D eigenvalue weighted by atomic mass is 10.1. The van der Waals surface area contributed by atoms with Crippen LogP contribution in [0, 0.1) is 0 Å². The lowest BCUT2D eigenvalue weighted by Crippen LogP contribution is -1.97. The van der Waals surface area contributed by atoms with Gasteiger partial charge in [0, 0.05) is 16.5 Å². The molecule has 4 heteroatoms. The highest BCUT2D eigenvalue weighted by Gasteiger charge is 2.10. The predicted octanol–water partition coefficient (Wildman–Crippen LogP) is 2.21. The van der Waals surface area contributed by atoms with E-state index in [2.05, 4.69) is 15.9 Å². The van der Waals surface area contributed by atoms with Gasteiger partial charge in [-0.3, -0.25) is 0 Å². The van der Waals surface area contributed by atoms with Gasteiger partial charge in [-0.15, -0.1) is 0 Å². The van der Waals surface area contributed by atoms with Gasteiger partial charge >= 0.3 is 0 Å². The average molecular weight is 259 g/mol. The summed E-state index contributed by atoms with van der Waals surface area (Å²) in [4.78, 5) is 10.4. The van der Waals surface area contributed by atoms with Crippen molar-refractivity contribution in [2.24, 2.45) is 0 Å². The number of carbonyl (C=O) groups excluding carboxylic acids is 1. The number of carbonyl (C=O) groups is 1. The van der Waals surface area contributed by atoms with E-state index in [0.29, 0.717) is 17.9 Å². The monoisotopic (exact) mass is 258 g/mol. The Morgan fingerprint density at radius 3 is 2.57 bits per heavy atom. The molecule has 1 aromatic rings. The first-order valence-corrected chi connectivity index (χ1v) is 4.86. The summed E-state index contributed by atoms with van der Waals surface area (Å²) in [7, 11) is 3.12. The van der Waals surface area contributed by atoms with E-state index in [9.17, 15) is 4.79 Å². The maximum atomic E-state index is 10.4. The number of rotatable bonds is 4. The number of hydrogen-bond donors (Lipinski definition) is 0. The van der Waals surface area contributed by atoms with E-state index >= 15 is 0 Å². The molecule has 0 radical (unpaired) electrons. The van der Waals surface area contributed by atoms with Crippen LogP contribution in [0.15, 0.2) is 16.6 Å². The van der Waals surface area contributed by atoms with Crippen molar-refractivity contribution in [3.8, 4) is 11.5 Å². The first-order valence-electron chi connectivity index (χ1n) is 4.07. The molecule has 0 saturated heterocycles. The molecule has 0 atom stereocenters. The second-order valence-corrected chi connectivity index (χ2v) is 3.59. The van der Waals surface area contributed by atoms with Crippen molar-refractivity contribution in [3.05, 3.63) is 22.2 Å². The highest BCUT2D eigenvalue weighted by atomic mass is 79.9. The third kappa shape index (κ3) is 2.26. The van der Waals surface area contributed by atoms with Gasteiger partial charge in [-0.2, -0.15) is 0 Å². The number of hydrogen-bond acceptors (Lipinski definition) is 3. The molecule has 0 aliphatic heterocycles. The molecule has 0 fully saturated rings. The number of ether oxygens (including phenoxy) is 2. The molecular formula is C10H11BrO3. The quantitative estimate of drug-likeness (QED) is 0.777. The van der Waals surface area contributed by atoms with Gasteiger partial charge in [0.25, 0.3) is 0 Å². The molecule has 0 aliphatic rings. The Morgan fingerprint density at radius 2 is 2.07 bits per heavy atom. The maximum absolute atomic E-state index is 10.4. The van der Waals surface area contributed by atoms with Gasteiger partial charge in [-0.1, -0.05) is 15.9 Å². The minimum absolute atomic E-state index is 0.318. The van der Waals surface area contributed by atoms with E-state index in [0.717, 1.165) is 16.3 Å². The zero-order valence-corrected chi connectivity index (χ0v) is 9.63. The molecule has 76 valence electrons. The predicted molar refractivity (Wildman–Crippen MR) is 57.0 cm³/mol. The van der Waals surface area contributed by atoms with Gasteiger partial charge in [0.1, 0.15) is 6.29 Å². The van der Waals surface area contributed by atoms with Gasteiger partial charge in [-0.25, -0.2) is 0 Å². The first kappa shape index (κ1) is 11.0. The normalized spacial score (nSPS) is 9.64. The minimum Gasteiger partial charge on any atom is -0.493 e. The van der Waals surface area contributed by atoms with Gasteiger partial charge in [0.05, 0.1) is 14.2 Å². The van der Waals surface area contributed by atoms with Crippen LogP contribution in [0.5, 0.6) is 11.5 Å². The minimum atomic E-state index is 0.318. The van der Waals surface area contributed by atoms with E-state index < -0.39 is 0 Å². The molecule has 0 aromatic heterocycles. The van der Waals surface area contributed by atoms with Crippen LogP contribution in [0.25, 0.3) is 0 Å². The van der Waals surface area contributed by atoms with Gasteiger partial charge < -0.3 is 14.3 Å². The third-order valence-corrected chi connectivity index (χ3v) is 2.28. The van der Waals surface area contributed by atoms with Crippen molar-refractivity contribution in [1.29, 1.82) is 0 Å². The first-order chi connectivity index (χ1) is 6.72. The summed E-state index contributed by atoms with van der Waals surface area (Å²) in [6, 6.07) is 3.64. The molecule has 1 aromatic carbocycles. The molecular weight excluding hydrogens is 248 g/mol. The summed E-state index contributed by atoms with van der Waals surface area (Å²) in [5.41, 5.74) is 0.814. The van der Waals surface area contributed by atoms with Crippen molar-refractivity contribution in [2.45, 2.75) is 6.42 Å². The van der Waals surface area contributed by atoms with E-state index in [4.69, 9.17) is 9.47 Å². The van der Waals surface area contributed by atoms with Crippen LogP contribution < -0.4 is 9.47 Å². The second kappa shape index (κ2) is 5.00. The molecule has 1 rings (SSSR count). The smallest absolute Gasteiger partial charge is 0.164 e.